The normalized spacial score (nSPS) is 16.5. The number of hydrogen-bond acceptors (Lipinski definition) is 5. The highest BCUT2D eigenvalue weighted by atomic mass is 79.9. The maximum Gasteiger partial charge on any atom is 0.251 e. The van der Waals surface area contributed by atoms with Gasteiger partial charge in [0, 0.05) is 33.7 Å². The van der Waals surface area contributed by atoms with E-state index in [-0.39, 0.29) is 12.0 Å². The first kappa shape index (κ1) is 21.6. The second-order valence-electron chi connectivity index (χ2n) is 7.94. The van der Waals surface area contributed by atoms with Gasteiger partial charge in [-0.25, -0.2) is 14.6 Å². The number of amides is 1. The predicted octanol–water partition coefficient (Wildman–Crippen LogP) is 3.80. The molecule has 162 valence electrons. The third kappa shape index (κ3) is 4.70. The average molecular weight is 484 g/mol. The van der Waals surface area contributed by atoms with Crippen molar-refractivity contribution >= 4 is 21.8 Å². The van der Waals surface area contributed by atoms with Gasteiger partial charge in [0.2, 0.25) is 5.91 Å². The average Bonchev–Trinajstić information content (AvgIpc) is 3.02. The number of aromatic nitrogens is 4. The van der Waals surface area contributed by atoms with Crippen molar-refractivity contribution in [3.05, 3.63) is 68.7 Å². The van der Waals surface area contributed by atoms with Crippen LogP contribution in [0.5, 0.6) is 0 Å². The number of carbonyl (C=O) groups is 1. The zero-order valence-corrected chi connectivity index (χ0v) is 19.8. The molecule has 7 nitrogen and oxygen atoms in total. The second kappa shape index (κ2) is 8.88. The van der Waals surface area contributed by atoms with Gasteiger partial charge in [0.25, 0.3) is 5.95 Å². The Bertz CT molecular complexity index is 1090. The Balaban J connectivity index is 1.52. The minimum atomic E-state index is -0.112. The second-order valence-corrected chi connectivity index (χ2v) is 8.86. The number of carbonyl (C=O) groups excluding carboxylic acids is 1. The van der Waals surface area contributed by atoms with E-state index in [1.165, 1.54) is 0 Å². The van der Waals surface area contributed by atoms with Crippen molar-refractivity contribution in [3.63, 3.8) is 0 Å². The Morgan fingerprint density at radius 1 is 1.13 bits per heavy atom. The smallest absolute Gasteiger partial charge is 0.251 e. The molecular formula is C23H26BrN5O2. The van der Waals surface area contributed by atoms with Crippen LogP contribution in [0.15, 0.2) is 34.8 Å². The number of morpholine rings is 1. The van der Waals surface area contributed by atoms with E-state index in [4.69, 9.17) is 4.74 Å². The number of aryl methyl sites for hydroxylation is 3. The molecule has 3 aromatic rings. The van der Waals surface area contributed by atoms with Crippen LogP contribution in [0, 0.1) is 27.7 Å². The first-order valence-corrected chi connectivity index (χ1v) is 11.1. The van der Waals surface area contributed by atoms with Crippen LogP contribution < -0.4 is 0 Å². The van der Waals surface area contributed by atoms with Crippen LogP contribution in [-0.4, -0.2) is 50.3 Å². The van der Waals surface area contributed by atoms with Gasteiger partial charge in [-0.1, -0.05) is 28.1 Å². The van der Waals surface area contributed by atoms with Crippen LogP contribution in [0.3, 0.4) is 0 Å². The van der Waals surface area contributed by atoms with Crippen molar-refractivity contribution in [1.82, 2.24) is 24.6 Å². The lowest BCUT2D eigenvalue weighted by Gasteiger charge is -2.33. The summed E-state index contributed by atoms with van der Waals surface area (Å²) in [5, 5.41) is 4.62. The Morgan fingerprint density at radius 3 is 2.48 bits per heavy atom. The van der Waals surface area contributed by atoms with Crippen molar-refractivity contribution in [2.75, 3.05) is 19.7 Å². The van der Waals surface area contributed by atoms with E-state index in [0.717, 1.165) is 38.4 Å². The number of ether oxygens (including phenoxy) is 1. The van der Waals surface area contributed by atoms with Gasteiger partial charge in [-0.3, -0.25) is 4.79 Å². The summed E-state index contributed by atoms with van der Waals surface area (Å²) in [5.41, 5.74) is 5.51. The third-order valence-electron chi connectivity index (χ3n) is 5.59. The lowest BCUT2D eigenvalue weighted by Crippen LogP contribution is -2.43. The molecule has 3 heterocycles. The van der Waals surface area contributed by atoms with Crippen molar-refractivity contribution in [2.45, 2.75) is 40.2 Å². The van der Waals surface area contributed by atoms with Crippen molar-refractivity contribution in [1.29, 1.82) is 0 Å². The topological polar surface area (TPSA) is 73.1 Å². The van der Waals surface area contributed by atoms with Crippen LogP contribution in [0.25, 0.3) is 5.95 Å². The molecule has 31 heavy (non-hydrogen) atoms. The standard InChI is InChI=1S/C23H26BrN5O2/c1-14-11-15(2)26-23(25-14)29-17(4)20(16(3)27-29)12-22(30)28-9-10-31-21(13-28)18-5-7-19(24)8-6-18/h5-8,11,21H,9-10,12-13H2,1-4H3. The highest BCUT2D eigenvalue weighted by Gasteiger charge is 2.27. The molecular weight excluding hydrogens is 458 g/mol. The van der Waals surface area contributed by atoms with Crippen LogP contribution in [0.4, 0.5) is 0 Å². The number of halogens is 1. The molecule has 0 radical (unpaired) electrons. The van der Waals surface area contributed by atoms with Crippen LogP contribution in [-0.2, 0) is 16.0 Å². The Kier molecular flexibility index (Phi) is 6.20. The zero-order chi connectivity index (χ0) is 22.1. The molecule has 1 aromatic carbocycles. The van der Waals surface area contributed by atoms with Crippen LogP contribution in [0.2, 0.25) is 0 Å². The number of hydrogen-bond donors (Lipinski definition) is 0. The molecule has 1 unspecified atom stereocenters. The van der Waals surface area contributed by atoms with Gasteiger partial charge < -0.3 is 9.64 Å². The van der Waals surface area contributed by atoms with Crippen molar-refractivity contribution < 1.29 is 9.53 Å². The van der Waals surface area contributed by atoms with E-state index < -0.39 is 0 Å². The highest BCUT2D eigenvalue weighted by molar-refractivity contribution is 9.10. The molecule has 0 saturated carbocycles. The van der Waals surface area contributed by atoms with Gasteiger partial charge in [-0.05, 0) is 51.5 Å². The monoisotopic (exact) mass is 483 g/mol. The summed E-state index contributed by atoms with van der Waals surface area (Å²) in [6.45, 7) is 9.45. The van der Waals surface area contributed by atoms with Crippen LogP contribution >= 0.6 is 15.9 Å². The largest absolute Gasteiger partial charge is 0.370 e. The summed E-state index contributed by atoms with van der Waals surface area (Å²) in [5.74, 6) is 0.621. The first-order valence-electron chi connectivity index (χ1n) is 10.3. The minimum absolute atomic E-state index is 0.0810. The quantitative estimate of drug-likeness (QED) is 0.564. The molecule has 0 aliphatic carbocycles. The summed E-state index contributed by atoms with van der Waals surface area (Å²) in [6, 6.07) is 9.99. The number of nitrogens with zero attached hydrogens (tertiary/aromatic N) is 5. The summed E-state index contributed by atoms with van der Waals surface area (Å²) in [4.78, 5) is 24.1. The molecule has 1 aliphatic rings. The fraction of sp³-hybridized carbons (Fsp3) is 0.391. The van der Waals surface area contributed by atoms with E-state index in [1.54, 1.807) is 4.68 Å². The van der Waals surface area contributed by atoms with Crippen molar-refractivity contribution in [3.8, 4) is 5.95 Å². The highest BCUT2D eigenvalue weighted by Crippen LogP contribution is 2.25. The summed E-state index contributed by atoms with van der Waals surface area (Å²) in [7, 11) is 0. The zero-order valence-electron chi connectivity index (χ0n) is 18.2. The Morgan fingerprint density at radius 2 is 1.81 bits per heavy atom. The molecule has 1 fully saturated rings. The van der Waals surface area contributed by atoms with E-state index in [9.17, 15) is 4.79 Å². The molecule has 2 aromatic heterocycles. The van der Waals surface area contributed by atoms with E-state index >= 15 is 0 Å². The molecule has 0 spiro atoms. The number of benzene rings is 1. The molecule has 8 heteroatoms. The van der Waals surface area contributed by atoms with Crippen molar-refractivity contribution in [2.24, 2.45) is 0 Å². The van der Waals surface area contributed by atoms with Gasteiger partial charge in [0.15, 0.2) is 0 Å². The van der Waals surface area contributed by atoms with Gasteiger partial charge in [0.05, 0.1) is 25.3 Å². The lowest BCUT2D eigenvalue weighted by molar-refractivity contribution is -0.138. The Labute approximate surface area is 190 Å². The fourth-order valence-corrected chi connectivity index (χ4v) is 4.21. The predicted molar refractivity (Wildman–Crippen MR) is 121 cm³/mol. The maximum absolute atomic E-state index is 13.2. The maximum atomic E-state index is 13.2. The molecule has 0 N–H and O–H groups in total. The van der Waals surface area contributed by atoms with Gasteiger partial charge >= 0.3 is 0 Å². The molecule has 4 rings (SSSR count). The van der Waals surface area contributed by atoms with E-state index in [1.807, 2.05) is 62.9 Å². The molecule has 1 saturated heterocycles. The first-order chi connectivity index (χ1) is 14.8. The Hall–Kier alpha value is -2.58. The minimum Gasteiger partial charge on any atom is -0.370 e. The summed E-state index contributed by atoms with van der Waals surface area (Å²) < 4.78 is 8.69. The third-order valence-corrected chi connectivity index (χ3v) is 6.12. The van der Waals surface area contributed by atoms with Gasteiger partial charge in [-0.15, -0.1) is 0 Å². The van der Waals surface area contributed by atoms with E-state index in [0.29, 0.717) is 32.1 Å². The van der Waals surface area contributed by atoms with E-state index in [2.05, 4.69) is 31.0 Å². The summed E-state index contributed by atoms with van der Waals surface area (Å²) >= 11 is 3.46. The summed E-state index contributed by atoms with van der Waals surface area (Å²) in [6.07, 6.45) is 0.189. The van der Waals surface area contributed by atoms with Crippen LogP contribution in [0.1, 0.15) is 40.0 Å². The molecule has 1 aliphatic heterocycles. The number of rotatable bonds is 4. The molecule has 1 amide bonds. The SMILES string of the molecule is Cc1cc(C)nc(-n2nc(C)c(CC(=O)N3CCOC(c4ccc(Br)cc4)C3)c2C)n1. The van der Waals surface area contributed by atoms with Gasteiger partial charge in [0.1, 0.15) is 6.10 Å². The molecule has 0 bridgehead atoms. The molecule has 1 atom stereocenters. The fourth-order valence-electron chi connectivity index (χ4n) is 3.95. The lowest BCUT2D eigenvalue weighted by atomic mass is 10.1. The van der Waals surface area contributed by atoms with Gasteiger partial charge in [-0.2, -0.15) is 5.10 Å².